The van der Waals surface area contributed by atoms with E-state index in [1.807, 2.05) is 23.0 Å². The summed E-state index contributed by atoms with van der Waals surface area (Å²) in [6.07, 6.45) is 15.9. The highest BCUT2D eigenvalue weighted by Gasteiger charge is 2.04. The van der Waals surface area contributed by atoms with Crippen molar-refractivity contribution in [1.82, 2.24) is 25.2 Å². The van der Waals surface area contributed by atoms with Crippen molar-refractivity contribution in [3.63, 3.8) is 0 Å². The Balaban J connectivity index is 1.43. The van der Waals surface area contributed by atoms with E-state index in [2.05, 4.69) is 37.7 Å². The number of nitrogens with zero attached hydrogens (tertiary/aromatic N) is 4. The zero-order valence-electron chi connectivity index (χ0n) is 14.8. The van der Waals surface area contributed by atoms with Crippen LogP contribution < -0.4 is 10.6 Å². The van der Waals surface area contributed by atoms with Gasteiger partial charge in [0.15, 0.2) is 5.96 Å². The lowest BCUT2D eigenvalue weighted by molar-refractivity contribution is 0.665. The van der Waals surface area contributed by atoms with E-state index in [0.29, 0.717) is 6.54 Å². The largest absolute Gasteiger partial charge is 0.356 e. The first kappa shape index (κ1) is 17.2. The second-order valence-electron chi connectivity index (χ2n) is 6.21. The molecule has 0 saturated carbocycles. The van der Waals surface area contributed by atoms with Gasteiger partial charge in [0, 0.05) is 38.7 Å². The third kappa shape index (κ3) is 5.17. The Hall–Kier alpha value is -2.63. The van der Waals surface area contributed by atoms with E-state index < -0.39 is 0 Å². The first-order valence-corrected chi connectivity index (χ1v) is 8.91. The molecule has 2 heterocycles. The molecule has 1 aliphatic rings. The summed E-state index contributed by atoms with van der Waals surface area (Å²) in [5, 5.41) is 6.72. The van der Waals surface area contributed by atoms with Crippen molar-refractivity contribution < 1.29 is 0 Å². The van der Waals surface area contributed by atoms with Gasteiger partial charge in [-0.05, 0) is 43.7 Å². The Morgan fingerprint density at radius 2 is 2.24 bits per heavy atom. The van der Waals surface area contributed by atoms with Crippen LogP contribution in [-0.2, 0) is 6.54 Å². The third-order valence-electron chi connectivity index (χ3n) is 4.39. The number of aromatic nitrogens is 3. The number of nitrogens with one attached hydrogen (secondary N) is 2. The smallest absolute Gasteiger partial charge is 0.191 e. The van der Waals surface area contributed by atoms with Gasteiger partial charge in [0.1, 0.15) is 12.1 Å². The van der Waals surface area contributed by atoms with Crippen LogP contribution in [0.4, 0.5) is 0 Å². The van der Waals surface area contributed by atoms with Crippen LogP contribution in [0, 0.1) is 0 Å². The molecule has 0 unspecified atom stereocenters. The molecule has 0 fully saturated rings. The predicted octanol–water partition coefficient (Wildman–Crippen LogP) is 2.82. The molecule has 0 aliphatic heterocycles. The fourth-order valence-electron chi connectivity index (χ4n) is 2.95. The van der Waals surface area contributed by atoms with Crippen LogP contribution in [-0.4, -0.2) is 34.1 Å². The van der Waals surface area contributed by atoms with Crippen LogP contribution in [0.15, 0.2) is 53.7 Å². The normalized spacial score (nSPS) is 14.9. The summed E-state index contributed by atoms with van der Waals surface area (Å²) in [4.78, 5) is 12.8. The minimum atomic E-state index is 0.694. The van der Waals surface area contributed by atoms with Gasteiger partial charge in [0.05, 0.1) is 0 Å². The minimum Gasteiger partial charge on any atom is -0.356 e. The van der Waals surface area contributed by atoms with Gasteiger partial charge >= 0.3 is 0 Å². The summed E-state index contributed by atoms with van der Waals surface area (Å²) in [5.74, 6) is 1.69. The third-order valence-corrected chi connectivity index (χ3v) is 4.39. The fourth-order valence-corrected chi connectivity index (χ4v) is 2.95. The van der Waals surface area contributed by atoms with Crippen molar-refractivity contribution in [2.24, 2.45) is 4.99 Å². The van der Waals surface area contributed by atoms with Crippen LogP contribution in [0.25, 0.3) is 5.82 Å². The molecule has 6 heteroatoms. The van der Waals surface area contributed by atoms with Crippen molar-refractivity contribution in [2.45, 2.75) is 38.6 Å². The summed E-state index contributed by atoms with van der Waals surface area (Å²) in [7, 11) is 1.80. The molecule has 1 aliphatic carbocycles. The number of rotatable bonds is 6. The number of aliphatic imine (C=N–C) groups is 1. The highest BCUT2D eigenvalue weighted by atomic mass is 15.2. The molecular weight excluding hydrogens is 312 g/mol. The zero-order valence-corrected chi connectivity index (χ0v) is 14.8. The number of guanidine groups is 1. The standard InChI is InChI=1S/C19H26N6/c1-20-19(22-10-9-16-5-3-2-4-6-16)24-14-17-7-8-18(23-13-17)25-12-11-21-15-25/h5,7-8,11-13,15H,2-4,6,9-10,14H2,1H3,(H2,20,22,24). The van der Waals surface area contributed by atoms with Gasteiger partial charge in [0.2, 0.25) is 0 Å². The van der Waals surface area contributed by atoms with Gasteiger partial charge in [-0.3, -0.25) is 9.56 Å². The van der Waals surface area contributed by atoms with Crippen LogP contribution in [0.2, 0.25) is 0 Å². The van der Waals surface area contributed by atoms with Crippen molar-refractivity contribution >= 4 is 5.96 Å². The highest BCUT2D eigenvalue weighted by molar-refractivity contribution is 5.79. The molecule has 0 aromatic carbocycles. The lowest BCUT2D eigenvalue weighted by atomic mass is 9.97. The molecule has 0 spiro atoms. The average Bonchev–Trinajstić information content (AvgIpc) is 3.20. The molecule has 0 bridgehead atoms. The zero-order chi connectivity index (χ0) is 17.3. The topological polar surface area (TPSA) is 67.1 Å². The van der Waals surface area contributed by atoms with Crippen LogP contribution in [0.5, 0.6) is 0 Å². The van der Waals surface area contributed by atoms with Crippen molar-refractivity contribution in [2.75, 3.05) is 13.6 Å². The Bertz CT molecular complexity index is 700. The van der Waals surface area contributed by atoms with Crippen molar-refractivity contribution in [3.05, 3.63) is 54.3 Å². The SMILES string of the molecule is CN=C(NCCC1=CCCCC1)NCc1ccc(-n2ccnc2)nc1. The summed E-state index contributed by atoms with van der Waals surface area (Å²) in [5.41, 5.74) is 2.69. The van der Waals surface area contributed by atoms with Gasteiger partial charge in [0.25, 0.3) is 0 Å². The molecule has 132 valence electrons. The Labute approximate surface area is 149 Å². The van der Waals surface area contributed by atoms with E-state index in [9.17, 15) is 0 Å². The van der Waals surface area contributed by atoms with E-state index in [4.69, 9.17) is 0 Å². The summed E-state index contributed by atoms with van der Waals surface area (Å²) < 4.78 is 1.89. The molecule has 0 radical (unpaired) electrons. The molecule has 0 amide bonds. The molecule has 2 aromatic rings. The Morgan fingerprint density at radius 3 is 2.92 bits per heavy atom. The summed E-state index contributed by atoms with van der Waals surface area (Å²) in [6, 6.07) is 4.06. The Kier molecular flexibility index (Phi) is 6.20. The first-order chi connectivity index (χ1) is 12.3. The molecule has 0 atom stereocenters. The number of hydrogen-bond donors (Lipinski definition) is 2. The number of allylic oxidation sites excluding steroid dienone is 1. The molecule has 3 rings (SSSR count). The molecule has 6 nitrogen and oxygen atoms in total. The molecule has 2 aromatic heterocycles. The lowest BCUT2D eigenvalue weighted by Gasteiger charge is -2.15. The highest BCUT2D eigenvalue weighted by Crippen LogP contribution is 2.19. The van der Waals surface area contributed by atoms with E-state index in [0.717, 1.165) is 30.3 Å². The van der Waals surface area contributed by atoms with Crippen molar-refractivity contribution in [1.29, 1.82) is 0 Å². The van der Waals surface area contributed by atoms with E-state index in [1.165, 1.54) is 25.7 Å². The average molecular weight is 338 g/mol. The second kappa shape index (κ2) is 9.01. The van der Waals surface area contributed by atoms with Gasteiger partial charge in [-0.1, -0.05) is 17.7 Å². The second-order valence-corrected chi connectivity index (χ2v) is 6.21. The number of imidazole rings is 1. The predicted molar refractivity (Wildman–Crippen MR) is 101 cm³/mol. The molecular formula is C19H26N6. The number of pyridine rings is 1. The van der Waals surface area contributed by atoms with Crippen molar-refractivity contribution in [3.8, 4) is 5.82 Å². The molecule has 0 saturated heterocycles. The summed E-state index contributed by atoms with van der Waals surface area (Å²) in [6.45, 7) is 1.61. The van der Waals surface area contributed by atoms with E-state index >= 15 is 0 Å². The maximum absolute atomic E-state index is 4.46. The van der Waals surface area contributed by atoms with Gasteiger partial charge in [-0.25, -0.2) is 9.97 Å². The van der Waals surface area contributed by atoms with Crippen LogP contribution in [0.1, 0.15) is 37.7 Å². The number of hydrogen-bond acceptors (Lipinski definition) is 3. The fraction of sp³-hybridized carbons (Fsp3) is 0.421. The monoisotopic (exact) mass is 338 g/mol. The maximum atomic E-state index is 4.46. The van der Waals surface area contributed by atoms with Gasteiger partial charge < -0.3 is 10.6 Å². The van der Waals surface area contributed by atoms with E-state index in [1.54, 1.807) is 25.1 Å². The van der Waals surface area contributed by atoms with Crippen LogP contribution >= 0.6 is 0 Å². The van der Waals surface area contributed by atoms with Crippen LogP contribution in [0.3, 0.4) is 0 Å². The van der Waals surface area contributed by atoms with Gasteiger partial charge in [-0.2, -0.15) is 0 Å². The summed E-state index contributed by atoms with van der Waals surface area (Å²) >= 11 is 0. The molecule has 2 N–H and O–H groups in total. The Morgan fingerprint density at radius 1 is 1.28 bits per heavy atom. The maximum Gasteiger partial charge on any atom is 0.191 e. The quantitative estimate of drug-likeness (QED) is 0.483. The first-order valence-electron chi connectivity index (χ1n) is 8.91. The minimum absolute atomic E-state index is 0.694. The van der Waals surface area contributed by atoms with E-state index in [-0.39, 0.29) is 0 Å². The van der Waals surface area contributed by atoms with Gasteiger partial charge in [-0.15, -0.1) is 0 Å². The molecule has 25 heavy (non-hydrogen) atoms. The lowest BCUT2D eigenvalue weighted by Crippen LogP contribution is -2.37.